The van der Waals surface area contributed by atoms with Gasteiger partial charge < -0.3 is 10.0 Å². The van der Waals surface area contributed by atoms with E-state index in [0.717, 1.165) is 16.8 Å². The van der Waals surface area contributed by atoms with Crippen molar-refractivity contribution in [2.45, 2.75) is 19.4 Å². The standard InChI is InChI=1S/C17H16ClNO2/c1-2-19-15-8-7-11(9-12(15)10-16(19)20)17(21)13-5-3-4-6-14(13)18/h3-9,17,21H,2,10H2,1H3. The lowest BCUT2D eigenvalue weighted by molar-refractivity contribution is -0.117. The molecule has 0 aliphatic carbocycles. The van der Waals surface area contributed by atoms with Crippen LogP contribution in [0.25, 0.3) is 0 Å². The number of likely N-dealkylation sites (N-methyl/N-ethyl adjacent to an activating group) is 1. The van der Waals surface area contributed by atoms with E-state index in [2.05, 4.69) is 0 Å². The topological polar surface area (TPSA) is 40.5 Å². The Morgan fingerprint density at radius 2 is 2.05 bits per heavy atom. The first-order valence-electron chi connectivity index (χ1n) is 6.97. The second-order valence-corrected chi connectivity index (χ2v) is 5.53. The summed E-state index contributed by atoms with van der Waals surface area (Å²) in [4.78, 5) is 13.7. The van der Waals surface area contributed by atoms with E-state index < -0.39 is 6.10 Å². The maximum absolute atomic E-state index is 11.9. The Morgan fingerprint density at radius 1 is 1.29 bits per heavy atom. The van der Waals surface area contributed by atoms with Gasteiger partial charge in [0.1, 0.15) is 6.10 Å². The van der Waals surface area contributed by atoms with Crippen molar-refractivity contribution in [1.29, 1.82) is 0 Å². The summed E-state index contributed by atoms with van der Waals surface area (Å²) in [5, 5.41) is 11.0. The summed E-state index contributed by atoms with van der Waals surface area (Å²) >= 11 is 6.13. The highest BCUT2D eigenvalue weighted by Gasteiger charge is 2.27. The van der Waals surface area contributed by atoms with Crippen LogP contribution < -0.4 is 4.90 Å². The van der Waals surface area contributed by atoms with Crippen molar-refractivity contribution >= 4 is 23.2 Å². The molecule has 1 N–H and O–H groups in total. The second kappa shape index (κ2) is 5.51. The molecule has 0 aromatic heterocycles. The summed E-state index contributed by atoms with van der Waals surface area (Å²) in [5.41, 5.74) is 3.34. The minimum atomic E-state index is -0.783. The Bertz CT molecular complexity index is 699. The lowest BCUT2D eigenvalue weighted by atomic mass is 9.98. The summed E-state index contributed by atoms with van der Waals surface area (Å²) in [5.74, 6) is 0.108. The summed E-state index contributed by atoms with van der Waals surface area (Å²) < 4.78 is 0. The smallest absolute Gasteiger partial charge is 0.231 e. The van der Waals surface area contributed by atoms with Crippen molar-refractivity contribution in [1.82, 2.24) is 0 Å². The van der Waals surface area contributed by atoms with Gasteiger partial charge in [-0.15, -0.1) is 0 Å². The first kappa shape index (κ1) is 14.1. The fraction of sp³-hybridized carbons (Fsp3) is 0.235. The van der Waals surface area contributed by atoms with Crippen molar-refractivity contribution in [2.24, 2.45) is 0 Å². The Labute approximate surface area is 128 Å². The van der Waals surface area contributed by atoms with E-state index >= 15 is 0 Å². The van der Waals surface area contributed by atoms with Gasteiger partial charge in [-0.1, -0.05) is 41.9 Å². The molecule has 0 radical (unpaired) electrons. The van der Waals surface area contributed by atoms with E-state index in [-0.39, 0.29) is 5.91 Å². The van der Waals surface area contributed by atoms with E-state index in [9.17, 15) is 9.90 Å². The average Bonchev–Trinajstić information content (AvgIpc) is 2.81. The van der Waals surface area contributed by atoms with Crippen molar-refractivity contribution in [3.05, 3.63) is 64.2 Å². The van der Waals surface area contributed by atoms with Gasteiger partial charge in [0, 0.05) is 22.8 Å². The van der Waals surface area contributed by atoms with Crippen LogP contribution in [0.5, 0.6) is 0 Å². The molecule has 0 fully saturated rings. The Hall–Kier alpha value is -1.84. The predicted molar refractivity (Wildman–Crippen MR) is 83.7 cm³/mol. The van der Waals surface area contributed by atoms with Crippen LogP contribution >= 0.6 is 11.6 Å². The summed E-state index contributed by atoms with van der Waals surface area (Å²) in [6.45, 7) is 2.62. The van der Waals surface area contributed by atoms with Crippen molar-refractivity contribution < 1.29 is 9.90 Å². The number of hydrogen-bond acceptors (Lipinski definition) is 2. The molecule has 3 nitrogen and oxygen atoms in total. The molecule has 1 aliphatic heterocycles. The van der Waals surface area contributed by atoms with Gasteiger partial charge >= 0.3 is 0 Å². The lowest BCUT2D eigenvalue weighted by Gasteiger charge is -2.17. The van der Waals surface area contributed by atoms with Crippen LogP contribution in [0.3, 0.4) is 0 Å². The zero-order valence-electron chi connectivity index (χ0n) is 11.7. The van der Waals surface area contributed by atoms with Crippen LogP contribution in [-0.2, 0) is 11.2 Å². The van der Waals surface area contributed by atoms with Crippen LogP contribution in [0.2, 0.25) is 5.02 Å². The molecular weight excluding hydrogens is 286 g/mol. The number of carbonyl (C=O) groups excluding carboxylic acids is 1. The van der Waals surface area contributed by atoms with Gasteiger partial charge in [0.05, 0.1) is 6.42 Å². The van der Waals surface area contributed by atoms with E-state index in [1.54, 1.807) is 11.0 Å². The number of aliphatic hydroxyl groups is 1. The number of anilines is 1. The molecule has 3 rings (SSSR count). The number of carbonyl (C=O) groups is 1. The fourth-order valence-corrected chi connectivity index (χ4v) is 3.04. The van der Waals surface area contributed by atoms with E-state index in [1.165, 1.54) is 0 Å². The first-order chi connectivity index (χ1) is 10.1. The molecule has 1 aliphatic rings. The molecule has 1 heterocycles. The SMILES string of the molecule is CCN1C(=O)Cc2cc(C(O)c3ccccc3Cl)ccc21. The minimum Gasteiger partial charge on any atom is -0.384 e. The average molecular weight is 302 g/mol. The van der Waals surface area contributed by atoms with E-state index in [1.807, 2.05) is 43.3 Å². The number of hydrogen-bond donors (Lipinski definition) is 1. The molecule has 1 atom stereocenters. The molecule has 2 aromatic rings. The molecule has 0 spiro atoms. The highest BCUT2D eigenvalue weighted by molar-refractivity contribution is 6.31. The molecular formula is C17H16ClNO2. The predicted octanol–water partition coefficient (Wildman–Crippen LogP) is 3.33. The molecule has 1 amide bonds. The van der Waals surface area contributed by atoms with Gasteiger partial charge in [-0.25, -0.2) is 0 Å². The number of benzene rings is 2. The number of amides is 1. The van der Waals surface area contributed by atoms with Gasteiger partial charge in [0.2, 0.25) is 5.91 Å². The number of aliphatic hydroxyl groups excluding tert-OH is 1. The van der Waals surface area contributed by atoms with Crippen LogP contribution in [0.15, 0.2) is 42.5 Å². The summed E-state index contributed by atoms with van der Waals surface area (Å²) in [6, 6.07) is 12.9. The van der Waals surface area contributed by atoms with Crippen molar-refractivity contribution in [3.63, 3.8) is 0 Å². The third kappa shape index (κ3) is 2.43. The first-order valence-corrected chi connectivity index (χ1v) is 7.35. The van der Waals surface area contributed by atoms with Crippen LogP contribution in [0.1, 0.15) is 29.7 Å². The molecule has 0 saturated carbocycles. The van der Waals surface area contributed by atoms with Crippen molar-refractivity contribution in [3.8, 4) is 0 Å². The molecule has 1 unspecified atom stereocenters. The molecule has 0 bridgehead atoms. The Morgan fingerprint density at radius 3 is 2.76 bits per heavy atom. The number of halogens is 1. The quantitative estimate of drug-likeness (QED) is 0.944. The number of nitrogens with zero attached hydrogens (tertiary/aromatic N) is 1. The zero-order chi connectivity index (χ0) is 15.0. The highest BCUT2D eigenvalue weighted by atomic mass is 35.5. The molecule has 21 heavy (non-hydrogen) atoms. The lowest BCUT2D eigenvalue weighted by Crippen LogP contribution is -2.25. The van der Waals surface area contributed by atoms with Gasteiger partial charge in [-0.2, -0.15) is 0 Å². The minimum absolute atomic E-state index is 0.108. The van der Waals surface area contributed by atoms with E-state index in [0.29, 0.717) is 23.6 Å². The van der Waals surface area contributed by atoms with Gasteiger partial charge in [0.15, 0.2) is 0 Å². The summed E-state index contributed by atoms with van der Waals surface area (Å²) in [7, 11) is 0. The van der Waals surface area contributed by atoms with Gasteiger partial charge in [0.25, 0.3) is 0 Å². The zero-order valence-corrected chi connectivity index (χ0v) is 12.5. The number of fused-ring (bicyclic) bond motifs is 1. The molecule has 4 heteroatoms. The van der Waals surface area contributed by atoms with Crippen LogP contribution in [-0.4, -0.2) is 17.6 Å². The largest absolute Gasteiger partial charge is 0.384 e. The maximum Gasteiger partial charge on any atom is 0.231 e. The normalized spacial score (nSPS) is 15.2. The van der Waals surface area contributed by atoms with E-state index in [4.69, 9.17) is 11.6 Å². The molecule has 2 aromatic carbocycles. The molecule has 108 valence electrons. The third-order valence-corrected chi connectivity index (χ3v) is 4.21. The van der Waals surface area contributed by atoms with Crippen LogP contribution in [0.4, 0.5) is 5.69 Å². The van der Waals surface area contributed by atoms with Crippen molar-refractivity contribution in [2.75, 3.05) is 11.4 Å². The third-order valence-electron chi connectivity index (χ3n) is 3.87. The van der Waals surface area contributed by atoms with Crippen LogP contribution in [0, 0.1) is 0 Å². The number of rotatable bonds is 3. The second-order valence-electron chi connectivity index (χ2n) is 5.13. The molecule has 0 saturated heterocycles. The Balaban J connectivity index is 1.97. The Kier molecular flexibility index (Phi) is 3.70. The highest BCUT2D eigenvalue weighted by Crippen LogP contribution is 2.34. The fourth-order valence-electron chi connectivity index (χ4n) is 2.80. The summed E-state index contributed by atoms with van der Waals surface area (Å²) in [6.07, 6.45) is -0.388. The maximum atomic E-state index is 11.9. The van der Waals surface area contributed by atoms with Gasteiger partial charge in [-0.05, 0) is 30.2 Å². The van der Waals surface area contributed by atoms with Gasteiger partial charge in [-0.3, -0.25) is 4.79 Å². The monoisotopic (exact) mass is 301 g/mol.